The summed E-state index contributed by atoms with van der Waals surface area (Å²) in [5, 5.41) is 4.51. The zero-order valence-electron chi connectivity index (χ0n) is 11.5. The Kier molecular flexibility index (Phi) is 7.57. The lowest BCUT2D eigenvalue weighted by Gasteiger charge is -2.26. The van der Waals surface area contributed by atoms with E-state index in [4.69, 9.17) is 11.6 Å². The summed E-state index contributed by atoms with van der Waals surface area (Å²) >= 11 is 8.55. The number of benzene rings is 1. The molecule has 1 N–H and O–H groups in total. The van der Waals surface area contributed by atoms with Gasteiger partial charge in [-0.15, -0.1) is 0 Å². The predicted octanol–water partition coefficient (Wildman–Crippen LogP) is 5.42. The van der Waals surface area contributed by atoms with E-state index in [0.29, 0.717) is 12.0 Å². The van der Waals surface area contributed by atoms with Crippen LogP contribution in [0.5, 0.6) is 0 Å². The number of nitrogens with one attached hydrogen (secondary N) is 1. The Labute approximate surface area is 130 Å². The second kappa shape index (κ2) is 8.39. The predicted molar refractivity (Wildman–Crippen MR) is 89.3 cm³/mol. The molecule has 18 heavy (non-hydrogen) atoms. The van der Waals surface area contributed by atoms with Crippen LogP contribution in [-0.2, 0) is 0 Å². The first kappa shape index (κ1) is 16.3. The van der Waals surface area contributed by atoms with Crippen molar-refractivity contribution in [1.29, 1.82) is 0 Å². The third-order valence-electron chi connectivity index (χ3n) is 3.22. The van der Waals surface area contributed by atoms with Gasteiger partial charge in [0.25, 0.3) is 0 Å². The highest BCUT2D eigenvalue weighted by Gasteiger charge is 2.20. The van der Waals surface area contributed by atoms with Gasteiger partial charge in [-0.25, -0.2) is 0 Å². The average Bonchev–Trinajstić information content (AvgIpc) is 2.34. The Morgan fingerprint density at radius 3 is 2.61 bits per heavy atom. The molecule has 0 fully saturated rings. The first-order chi connectivity index (χ1) is 8.60. The standard InChI is InChI=1S/C15H23ClIN/c1-4-6-11(3)15(18-9-5-2)13-10-12(16)7-8-14(13)17/h7-8,10-11,15,18H,4-6,9H2,1-3H3. The molecule has 0 heterocycles. The van der Waals surface area contributed by atoms with E-state index < -0.39 is 0 Å². The lowest BCUT2D eigenvalue weighted by Crippen LogP contribution is -2.28. The van der Waals surface area contributed by atoms with Crippen LogP contribution in [0.15, 0.2) is 18.2 Å². The topological polar surface area (TPSA) is 12.0 Å². The van der Waals surface area contributed by atoms with Crippen LogP contribution in [0.4, 0.5) is 0 Å². The van der Waals surface area contributed by atoms with Gasteiger partial charge in [0.2, 0.25) is 0 Å². The fraction of sp³-hybridized carbons (Fsp3) is 0.600. The van der Waals surface area contributed by atoms with Gasteiger partial charge >= 0.3 is 0 Å². The van der Waals surface area contributed by atoms with Gasteiger partial charge in [-0.3, -0.25) is 0 Å². The lowest BCUT2D eigenvalue weighted by atomic mass is 9.91. The fourth-order valence-corrected chi connectivity index (χ4v) is 3.14. The highest BCUT2D eigenvalue weighted by atomic mass is 127. The van der Waals surface area contributed by atoms with Crippen LogP contribution in [0.25, 0.3) is 0 Å². The van der Waals surface area contributed by atoms with Gasteiger partial charge in [-0.1, -0.05) is 38.8 Å². The van der Waals surface area contributed by atoms with E-state index in [0.717, 1.165) is 18.0 Å². The van der Waals surface area contributed by atoms with Gasteiger partial charge in [-0.05, 0) is 71.7 Å². The molecular weight excluding hydrogens is 357 g/mol. The minimum absolute atomic E-state index is 0.412. The quantitative estimate of drug-likeness (QED) is 0.624. The molecule has 0 aliphatic carbocycles. The van der Waals surface area contributed by atoms with Gasteiger partial charge in [0.1, 0.15) is 0 Å². The molecule has 1 aromatic carbocycles. The van der Waals surface area contributed by atoms with Gasteiger partial charge in [0.05, 0.1) is 0 Å². The maximum Gasteiger partial charge on any atom is 0.0410 e. The zero-order valence-corrected chi connectivity index (χ0v) is 14.4. The monoisotopic (exact) mass is 379 g/mol. The maximum absolute atomic E-state index is 6.15. The molecule has 0 amide bonds. The molecule has 1 aromatic rings. The largest absolute Gasteiger partial charge is 0.310 e. The summed E-state index contributed by atoms with van der Waals surface area (Å²) in [7, 11) is 0. The average molecular weight is 380 g/mol. The van der Waals surface area contributed by atoms with E-state index in [9.17, 15) is 0 Å². The van der Waals surface area contributed by atoms with Crippen LogP contribution in [0, 0.1) is 9.49 Å². The van der Waals surface area contributed by atoms with E-state index in [2.05, 4.69) is 60.8 Å². The van der Waals surface area contributed by atoms with Crippen molar-refractivity contribution >= 4 is 34.2 Å². The van der Waals surface area contributed by atoms with Crippen molar-refractivity contribution in [1.82, 2.24) is 5.32 Å². The summed E-state index contributed by atoms with van der Waals surface area (Å²) in [5.41, 5.74) is 1.34. The summed E-state index contributed by atoms with van der Waals surface area (Å²) in [6, 6.07) is 6.60. The molecule has 1 rings (SSSR count). The third kappa shape index (κ3) is 4.71. The first-order valence-electron chi connectivity index (χ1n) is 6.78. The van der Waals surface area contributed by atoms with Crippen LogP contribution >= 0.6 is 34.2 Å². The lowest BCUT2D eigenvalue weighted by molar-refractivity contribution is 0.362. The van der Waals surface area contributed by atoms with Crippen molar-refractivity contribution in [2.75, 3.05) is 6.54 Å². The van der Waals surface area contributed by atoms with Gasteiger partial charge in [-0.2, -0.15) is 0 Å². The molecular formula is C15H23ClIN. The number of hydrogen-bond acceptors (Lipinski definition) is 1. The van der Waals surface area contributed by atoms with E-state index in [-0.39, 0.29) is 0 Å². The summed E-state index contributed by atoms with van der Waals surface area (Å²) in [6.45, 7) is 7.84. The molecule has 0 spiro atoms. The Morgan fingerprint density at radius 2 is 2.00 bits per heavy atom. The normalized spacial score (nSPS) is 14.5. The maximum atomic E-state index is 6.15. The minimum Gasteiger partial charge on any atom is -0.310 e. The van der Waals surface area contributed by atoms with E-state index >= 15 is 0 Å². The molecule has 0 saturated heterocycles. The van der Waals surface area contributed by atoms with Crippen molar-refractivity contribution in [2.45, 2.75) is 46.1 Å². The molecule has 0 radical (unpaired) electrons. The zero-order chi connectivity index (χ0) is 13.5. The highest BCUT2D eigenvalue weighted by Crippen LogP contribution is 2.30. The van der Waals surface area contributed by atoms with E-state index in [1.165, 1.54) is 22.0 Å². The molecule has 102 valence electrons. The SMILES string of the molecule is CCCNC(c1cc(Cl)ccc1I)C(C)CCC. The smallest absolute Gasteiger partial charge is 0.0410 e. The van der Waals surface area contributed by atoms with Crippen LogP contribution in [-0.4, -0.2) is 6.54 Å². The fourth-order valence-electron chi connectivity index (χ4n) is 2.29. The minimum atomic E-state index is 0.412. The van der Waals surface area contributed by atoms with Crippen molar-refractivity contribution in [3.63, 3.8) is 0 Å². The van der Waals surface area contributed by atoms with E-state index in [1.54, 1.807) is 0 Å². The third-order valence-corrected chi connectivity index (χ3v) is 4.44. The molecule has 0 saturated carbocycles. The van der Waals surface area contributed by atoms with Crippen molar-refractivity contribution < 1.29 is 0 Å². The van der Waals surface area contributed by atoms with Gasteiger partial charge in [0.15, 0.2) is 0 Å². The second-order valence-electron chi connectivity index (χ2n) is 4.86. The van der Waals surface area contributed by atoms with Gasteiger partial charge in [0, 0.05) is 14.6 Å². The van der Waals surface area contributed by atoms with E-state index in [1.807, 2.05) is 6.07 Å². The molecule has 1 nitrogen and oxygen atoms in total. The Balaban J connectivity index is 2.96. The van der Waals surface area contributed by atoms with Crippen LogP contribution in [0.1, 0.15) is 51.6 Å². The molecule has 2 unspecified atom stereocenters. The Morgan fingerprint density at radius 1 is 1.28 bits per heavy atom. The molecule has 0 aliphatic heterocycles. The molecule has 0 aromatic heterocycles. The second-order valence-corrected chi connectivity index (χ2v) is 6.46. The number of halogens is 2. The summed E-state index contributed by atoms with van der Waals surface area (Å²) in [4.78, 5) is 0. The Bertz CT molecular complexity index is 368. The molecule has 2 atom stereocenters. The number of hydrogen-bond donors (Lipinski definition) is 1. The van der Waals surface area contributed by atoms with Crippen LogP contribution < -0.4 is 5.32 Å². The molecule has 0 bridgehead atoms. The summed E-state index contributed by atoms with van der Waals surface area (Å²) < 4.78 is 1.30. The van der Waals surface area contributed by atoms with Gasteiger partial charge < -0.3 is 5.32 Å². The molecule has 3 heteroatoms. The van der Waals surface area contributed by atoms with Crippen molar-refractivity contribution in [2.24, 2.45) is 5.92 Å². The summed E-state index contributed by atoms with van der Waals surface area (Å²) in [6.07, 6.45) is 3.62. The summed E-state index contributed by atoms with van der Waals surface area (Å²) in [5.74, 6) is 0.633. The van der Waals surface area contributed by atoms with Crippen LogP contribution in [0.2, 0.25) is 5.02 Å². The van der Waals surface area contributed by atoms with Crippen LogP contribution in [0.3, 0.4) is 0 Å². The highest BCUT2D eigenvalue weighted by molar-refractivity contribution is 14.1. The first-order valence-corrected chi connectivity index (χ1v) is 8.24. The van der Waals surface area contributed by atoms with Crippen molar-refractivity contribution in [3.05, 3.63) is 32.4 Å². The van der Waals surface area contributed by atoms with Crippen molar-refractivity contribution in [3.8, 4) is 0 Å². The number of rotatable bonds is 7. The Hall–Kier alpha value is 0.200. The molecule has 0 aliphatic rings.